The Labute approximate surface area is 102 Å². The molecule has 0 aliphatic heterocycles. The van der Waals surface area contributed by atoms with Crippen molar-refractivity contribution in [3.63, 3.8) is 0 Å². The molecule has 1 rings (SSSR count). The van der Waals surface area contributed by atoms with Crippen molar-refractivity contribution in [3.05, 3.63) is 35.4 Å². The molecule has 4 heteroatoms. The highest BCUT2D eigenvalue weighted by Gasteiger charge is 2.32. The van der Waals surface area contributed by atoms with Crippen molar-refractivity contribution in [1.29, 1.82) is 5.26 Å². The third-order valence-electron chi connectivity index (χ3n) is 2.46. The van der Waals surface area contributed by atoms with Gasteiger partial charge in [0.1, 0.15) is 0 Å². The summed E-state index contributed by atoms with van der Waals surface area (Å²) in [5.41, 5.74) is 7.12. The van der Waals surface area contributed by atoms with Crippen molar-refractivity contribution in [3.8, 4) is 6.07 Å². The molecule has 0 heterocycles. The second-order valence-corrected chi connectivity index (χ2v) is 3.52. The van der Waals surface area contributed by atoms with Crippen LogP contribution in [0.1, 0.15) is 25.0 Å². The van der Waals surface area contributed by atoms with Gasteiger partial charge in [0, 0.05) is 18.8 Å². The van der Waals surface area contributed by atoms with E-state index in [0.717, 1.165) is 5.56 Å². The van der Waals surface area contributed by atoms with Crippen LogP contribution < -0.4 is 5.73 Å². The second-order valence-electron chi connectivity index (χ2n) is 3.52. The first-order valence-corrected chi connectivity index (χ1v) is 5.71. The summed E-state index contributed by atoms with van der Waals surface area (Å²) in [6.45, 7) is 4.97. The molecule has 2 N–H and O–H groups in total. The highest BCUT2D eigenvalue weighted by Crippen LogP contribution is 2.27. The van der Waals surface area contributed by atoms with Crippen LogP contribution in [0.5, 0.6) is 0 Å². The van der Waals surface area contributed by atoms with Gasteiger partial charge < -0.3 is 15.2 Å². The van der Waals surface area contributed by atoms with Gasteiger partial charge in [-0.3, -0.25) is 0 Å². The molecule has 0 radical (unpaired) electrons. The van der Waals surface area contributed by atoms with E-state index in [1.807, 2.05) is 19.9 Å². The largest absolute Gasteiger partial charge is 0.345 e. The van der Waals surface area contributed by atoms with Crippen molar-refractivity contribution in [2.75, 3.05) is 19.8 Å². The molecule has 0 aromatic heterocycles. The molecule has 1 aromatic rings. The Kier molecular flexibility index (Phi) is 5.11. The number of hydrogen-bond donors (Lipinski definition) is 1. The Balaban J connectivity index is 3.15. The highest BCUT2D eigenvalue weighted by atomic mass is 16.7. The molecule has 1 aromatic carbocycles. The maximum Gasteiger partial charge on any atom is 0.207 e. The number of ether oxygens (including phenoxy) is 2. The Hall–Kier alpha value is -1.41. The molecular formula is C13H18N2O2. The van der Waals surface area contributed by atoms with E-state index in [9.17, 15) is 0 Å². The molecular weight excluding hydrogens is 216 g/mol. The maximum atomic E-state index is 8.90. The normalized spacial score (nSPS) is 11.2. The van der Waals surface area contributed by atoms with E-state index in [1.54, 1.807) is 18.2 Å². The van der Waals surface area contributed by atoms with E-state index < -0.39 is 5.79 Å². The molecule has 92 valence electrons. The Morgan fingerprint density at radius 3 is 2.41 bits per heavy atom. The third-order valence-corrected chi connectivity index (χ3v) is 2.46. The van der Waals surface area contributed by atoms with Gasteiger partial charge >= 0.3 is 0 Å². The summed E-state index contributed by atoms with van der Waals surface area (Å²) in [5, 5.41) is 8.90. The van der Waals surface area contributed by atoms with Crippen LogP contribution in [0.25, 0.3) is 0 Å². The third kappa shape index (κ3) is 3.04. The van der Waals surface area contributed by atoms with Gasteiger partial charge in [-0.25, -0.2) is 0 Å². The fourth-order valence-corrected chi connectivity index (χ4v) is 1.74. The first-order valence-electron chi connectivity index (χ1n) is 5.71. The molecule has 4 nitrogen and oxygen atoms in total. The average Bonchev–Trinajstić information content (AvgIpc) is 2.38. The monoisotopic (exact) mass is 234 g/mol. The molecule has 17 heavy (non-hydrogen) atoms. The van der Waals surface area contributed by atoms with Gasteiger partial charge in [-0.2, -0.15) is 5.26 Å². The summed E-state index contributed by atoms with van der Waals surface area (Å²) >= 11 is 0. The lowest BCUT2D eigenvalue weighted by molar-refractivity contribution is -0.235. The van der Waals surface area contributed by atoms with E-state index in [0.29, 0.717) is 18.8 Å². The SMILES string of the molecule is CCOC(CN)(OCC)c1cccc(C#N)c1. The quantitative estimate of drug-likeness (QED) is 0.761. The minimum absolute atomic E-state index is 0.212. The number of nitriles is 1. The number of nitrogens with two attached hydrogens (primary N) is 1. The molecule has 0 fully saturated rings. The molecule has 0 saturated heterocycles. The fraction of sp³-hybridized carbons (Fsp3) is 0.462. The Morgan fingerprint density at radius 1 is 1.29 bits per heavy atom. The van der Waals surface area contributed by atoms with Crippen LogP contribution in [0.2, 0.25) is 0 Å². The number of hydrogen-bond acceptors (Lipinski definition) is 4. The first-order chi connectivity index (χ1) is 8.22. The summed E-state index contributed by atoms with van der Waals surface area (Å²) in [6, 6.07) is 9.24. The predicted molar refractivity (Wildman–Crippen MR) is 65.1 cm³/mol. The zero-order valence-electron chi connectivity index (χ0n) is 10.3. The molecule has 0 aliphatic carbocycles. The van der Waals surface area contributed by atoms with Gasteiger partial charge in [-0.05, 0) is 26.0 Å². The standard InChI is InChI=1S/C13H18N2O2/c1-3-16-13(10-15,17-4-2)12-7-5-6-11(8-12)9-14/h5-8H,3-4,10,15H2,1-2H3. The number of nitrogens with zero attached hydrogens (tertiary/aromatic N) is 1. The molecule has 0 saturated carbocycles. The Bertz CT molecular complexity index is 393. The molecule has 0 spiro atoms. The summed E-state index contributed by atoms with van der Waals surface area (Å²) in [7, 11) is 0. The van der Waals surface area contributed by atoms with E-state index in [2.05, 4.69) is 6.07 Å². The maximum absolute atomic E-state index is 8.90. The van der Waals surface area contributed by atoms with Gasteiger partial charge in [0.15, 0.2) is 0 Å². The molecule has 0 unspecified atom stereocenters. The summed E-state index contributed by atoms with van der Waals surface area (Å²) < 4.78 is 11.3. The van der Waals surface area contributed by atoms with Crippen LogP contribution in [-0.2, 0) is 15.3 Å². The van der Waals surface area contributed by atoms with E-state index >= 15 is 0 Å². The van der Waals surface area contributed by atoms with Gasteiger partial charge in [-0.1, -0.05) is 12.1 Å². The van der Waals surface area contributed by atoms with Crippen LogP contribution in [0, 0.1) is 11.3 Å². The van der Waals surface area contributed by atoms with Gasteiger partial charge in [0.2, 0.25) is 5.79 Å². The number of rotatable bonds is 6. The van der Waals surface area contributed by atoms with Crippen LogP contribution in [-0.4, -0.2) is 19.8 Å². The minimum atomic E-state index is -0.948. The molecule has 0 bridgehead atoms. The van der Waals surface area contributed by atoms with E-state index in [4.69, 9.17) is 20.5 Å². The highest BCUT2D eigenvalue weighted by molar-refractivity contribution is 5.35. The summed E-state index contributed by atoms with van der Waals surface area (Å²) in [5.74, 6) is -0.948. The lowest BCUT2D eigenvalue weighted by atomic mass is 10.0. The minimum Gasteiger partial charge on any atom is -0.345 e. The van der Waals surface area contributed by atoms with Crippen molar-refractivity contribution in [2.45, 2.75) is 19.6 Å². The van der Waals surface area contributed by atoms with Crippen LogP contribution >= 0.6 is 0 Å². The second kappa shape index (κ2) is 6.36. The fourth-order valence-electron chi connectivity index (χ4n) is 1.74. The van der Waals surface area contributed by atoms with E-state index in [-0.39, 0.29) is 6.54 Å². The zero-order chi connectivity index (χ0) is 12.7. The molecule has 0 atom stereocenters. The number of benzene rings is 1. The van der Waals surface area contributed by atoms with Crippen LogP contribution in [0.4, 0.5) is 0 Å². The van der Waals surface area contributed by atoms with Crippen molar-refractivity contribution >= 4 is 0 Å². The topological polar surface area (TPSA) is 68.3 Å². The predicted octanol–water partition coefficient (Wildman–Crippen LogP) is 1.74. The van der Waals surface area contributed by atoms with Crippen molar-refractivity contribution < 1.29 is 9.47 Å². The summed E-state index contributed by atoms with van der Waals surface area (Å²) in [6.07, 6.45) is 0. The van der Waals surface area contributed by atoms with Gasteiger partial charge in [-0.15, -0.1) is 0 Å². The van der Waals surface area contributed by atoms with Crippen molar-refractivity contribution in [1.82, 2.24) is 0 Å². The van der Waals surface area contributed by atoms with Crippen LogP contribution in [0.3, 0.4) is 0 Å². The smallest absolute Gasteiger partial charge is 0.207 e. The van der Waals surface area contributed by atoms with Gasteiger partial charge in [0.25, 0.3) is 0 Å². The average molecular weight is 234 g/mol. The zero-order valence-corrected chi connectivity index (χ0v) is 10.3. The first kappa shape index (κ1) is 13.7. The molecule has 0 amide bonds. The van der Waals surface area contributed by atoms with Crippen molar-refractivity contribution in [2.24, 2.45) is 5.73 Å². The lowest BCUT2D eigenvalue weighted by Crippen LogP contribution is -2.41. The van der Waals surface area contributed by atoms with E-state index in [1.165, 1.54) is 0 Å². The van der Waals surface area contributed by atoms with Crippen LogP contribution in [0.15, 0.2) is 24.3 Å². The summed E-state index contributed by atoms with van der Waals surface area (Å²) in [4.78, 5) is 0. The van der Waals surface area contributed by atoms with Gasteiger partial charge in [0.05, 0.1) is 18.2 Å². The lowest BCUT2D eigenvalue weighted by Gasteiger charge is -2.32. The Morgan fingerprint density at radius 2 is 1.94 bits per heavy atom. The molecule has 0 aliphatic rings.